The molecule has 0 amide bonds. The zero-order valence-electron chi connectivity index (χ0n) is 7.35. The molecule has 0 aliphatic heterocycles. The molecule has 15 heavy (non-hydrogen) atoms. The number of nitro groups is 1. The number of aliphatic hydroxyl groups excluding tert-OH is 1. The van der Waals surface area contributed by atoms with E-state index in [1.54, 1.807) is 0 Å². The number of aromatic nitrogens is 1. The van der Waals surface area contributed by atoms with E-state index in [1.807, 2.05) is 0 Å². The number of alkyl halides is 2. The highest BCUT2D eigenvalue weighted by Crippen LogP contribution is 2.32. The molecule has 0 aromatic carbocycles. The number of nitrogens with two attached hydrogens (primary N) is 1. The lowest BCUT2D eigenvalue weighted by Crippen LogP contribution is -2.06. The molecule has 0 fully saturated rings. The molecule has 1 rings (SSSR count). The van der Waals surface area contributed by atoms with Crippen LogP contribution in [0.25, 0.3) is 0 Å². The Labute approximate surface area is 82.5 Å². The Bertz CT molecular complexity index is 397. The average Bonchev–Trinajstić information content (AvgIpc) is 2.15. The minimum atomic E-state index is -2.95. The van der Waals surface area contributed by atoms with Gasteiger partial charge in [-0.25, -0.2) is 13.8 Å². The van der Waals surface area contributed by atoms with E-state index < -0.39 is 40.6 Å². The third-order valence-corrected chi connectivity index (χ3v) is 1.80. The summed E-state index contributed by atoms with van der Waals surface area (Å²) in [6.45, 7) is -0.886. The van der Waals surface area contributed by atoms with Crippen LogP contribution in [0.5, 0.6) is 0 Å². The maximum absolute atomic E-state index is 12.4. The molecule has 0 atom stereocenters. The summed E-state index contributed by atoms with van der Waals surface area (Å²) in [5, 5.41) is 19.3. The van der Waals surface area contributed by atoms with E-state index in [9.17, 15) is 18.9 Å². The predicted octanol–water partition coefficient (Wildman–Crippen LogP) is 1.00. The third-order valence-electron chi connectivity index (χ3n) is 1.80. The Hall–Kier alpha value is -1.83. The van der Waals surface area contributed by atoms with Crippen LogP contribution >= 0.6 is 0 Å². The largest absolute Gasteiger partial charge is 0.391 e. The number of halogens is 2. The molecule has 82 valence electrons. The lowest BCUT2D eigenvalue weighted by atomic mass is 10.1. The van der Waals surface area contributed by atoms with Crippen LogP contribution in [0.1, 0.15) is 17.6 Å². The number of hydrogen-bond donors (Lipinski definition) is 2. The van der Waals surface area contributed by atoms with E-state index in [1.165, 1.54) is 0 Å². The van der Waals surface area contributed by atoms with Gasteiger partial charge in [0.2, 0.25) is 5.82 Å². The van der Waals surface area contributed by atoms with Gasteiger partial charge in [0.05, 0.1) is 17.1 Å². The van der Waals surface area contributed by atoms with Crippen molar-refractivity contribution in [3.63, 3.8) is 0 Å². The molecule has 0 aliphatic carbocycles. The Balaban J connectivity index is 3.47. The fourth-order valence-corrected chi connectivity index (χ4v) is 1.13. The molecule has 0 spiro atoms. The third kappa shape index (κ3) is 1.99. The quantitative estimate of drug-likeness (QED) is 0.583. The topological polar surface area (TPSA) is 102 Å². The second-order valence-electron chi connectivity index (χ2n) is 2.64. The molecule has 0 aliphatic rings. The van der Waals surface area contributed by atoms with Crippen molar-refractivity contribution in [2.75, 3.05) is 5.73 Å². The van der Waals surface area contributed by atoms with Crippen molar-refractivity contribution in [1.29, 1.82) is 0 Å². The van der Waals surface area contributed by atoms with E-state index in [0.717, 1.165) is 6.20 Å². The first-order valence-corrected chi connectivity index (χ1v) is 3.79. The predicted molar refractivity (Wildman–Crippen MR) is 46.2 cm³/mol. The summed E-state index contributed by atoms with van der Waals surface area (Å²) in [6.07, 6.45) is -2.22. The van der Waals surface area contributed by atoms with Crippen LogP contribution in [-0.4, -0.2) is 15.0 Å². The number of nitrogens with zero attached hydrogens (tertiary/aromatic N) is 2. The Kier molecular flexibility index (Phi) is 3.10. The van der Waals surface area contributed by atoms with Crippen LogP contribution in [0.2, 0.25) is 0 Å². The van der Waals surface area contributed by atoms with Crippen LogP contribution in [0.15, 0.2) is 6.20 Å². The minimum absolute atomic E-state index is 0.492. The van der Waals surface area contributed by atoms with Gasteiger partial charge in [-0.3, -0.25) is 10.1 Å². The van der Waals surface area contributed by atoms with Crippen molar-refractivity contribution in [3.8, 4) is 0 Å². The fraction of sp³-hybridized carbons (Fsp3) is 0.286. The summed E-state index contributed by atoms with van der Waals surface area (Å²) in [6, 6.07) is 0. The van der Waals surface area contributed by atoms with Crippen molar-refractivity contribution >= 4 is 11.5 Å². The molecule has 1 aromatic rings. The smallest absolute Gasteiger partial charge is 0.317 e. The number of hydrogen-bond acceptors (Lipinski definition) is 5. The van der Waals surface area contributed by atoms with Crippen molar-refractivity contribution in [3.05, 3.63) is 27.4 Å². The Morgan fingerprint density at radius 1 is 1.67 bits per heavy atom. The van der Waals surface area contributed by atoms with Crippen LogP contribution in [0.4, 0.5) is 20.3 Å². The van der Waals surface area contributed by atoms with Gasteiger partial charge >= 0.3 is 5.69 Å². The van der Waals surface area contributed by atoms with Gasteiger partial charge in [0.1, 0.15) is 0 Å². The highest BCUT2D eigenvalue weighted by Gasteiger charge is 2.26. The fourth-order valence-electron chi connectivity index (χ4n) is 1.13. The lowest BCUT2D eigenvalue weighted by Gasteiger charge is -2.07. The van der Waals surface area contributed by atoms with Gasteiger partial charge < -0.3 is 10.8 Å². The molecule has 6 nitrogen and oxygen atoms in total. The zero-order valence-corrected chi connectivity index (χ0v) is 7.35. The van der Waals surface area contributed by atoms with Crippen molar-refractivity contribution in [2.24, 2.45) is 0 Å². The van der Waals surface area contributed by atoms with E-state index in [4.69, 9.17) is 10.8 Å². The summed E-state index contributed by atoms with van der Waals surface area (Å²) in [5.74, 6) is -0.492. The molecule has 8 heteroatoms. The molecule has 0 unspecified atom stereocenters. The van der Waals surface area contributed by atoms with E-state index in [-0.39, 0.29) is 0 Å². The number of nitrogen functional groups attached to an aromatic ring is 1. The Morgan fingerprint density at radius 2 is 2.27 bits per heavy atom. The highest BCUT2D eigenvalue weighted by molar-refractivity contribution is 5.59. The van der Waals surface area contributed by atoms with Crippen LogP contribution in [-0.2, 0) is 6.61 Å². The van der Waals surface area contributed by atoms with Gasteiger partial charge in [-0.05, 0) is 0 Å². The molecule has 3 N–H and O–H groups in total. The molecule has 1 aromatic heterocycles. The number of aliphatic hydroxyl groups is 1. The molecular weight excluding hydrogens is 212 g/mol. The Morgan fingerprint density at radius 3 is 2.67 bits per heavy atom. The van der Waals surface area contributed by atoms with Gasteiger partial charge in [-0.1, -0.05) is 0 Å². The molecular formula is C7H7F2N3O3. The molecule has 0 saturated carbocycles. The second-order valence-corrected chi connectivity index (χ2v) is 2.64. The zero-order chi connectivity index (χ0) is 11.6. The van der Waals surface area contributed by atoms with Gasteiger partial charge in [0, 0.05) is 11.8 Å². The van der Waals surface area contributed by atoms with Crippen LogP contribution in [0, 0.1) is 10.1 Å². The van der Waals surface area contributed by atoms with Gasteiger partial charge in [0.15, 0.2) is 0 Å². The number of anilines is 1. The van der Waals surface area contributed by atoms with E-state index in [2.05, 4.69) is 4.98 Å². The monoisotopic (exact) mass is 219 g/mol. The van der Waals surface area contributed by atoms with Gasteiger partial charge in [-0.15, -0.1) is 0 Å². The first-order chi connectivity index (χ1) is 6.99. The summed E-state index contributed by atoms with van der Waals surface area (Å²) in [5.41, 5.74) is 3.21. The SMILES string of the molecule is Nc1ncc(C(F)F)c(CO)c1[N+](=O)[O-]. The standard InChI is InChI=1S/C7H7F2N3O3/c8-6(9)3-1-11-7(10)5(12(14)15)4(3)2-13/h1,6,13H,2H2,(H2,10,11). The van der Waals surface area contributed by atoms with Crippen molar-refractivity contribution in [1.82, 2.24) is 4.98 Å². The minimum Gasteiger partial charge on any atom is -0.391 e. The average molecular weight is 219 g/mol. The molecule has 0 saturated heterocycles. The summed E-state index contributed by atoms with van der Waals surface area (Å²) < 4.78 is 24.8. The van der Waals surface area contributed by atoms with Crippen molar-refractivity contribution in [2.45, 2.75) is 13.0 Å². The molecule has 1 heterocycles. The summed E-state index contributed by atoms with van der Waals surface area (Å²) in [4.78, 5) is 12.8. The maximum atomic E-state index is 12.4. The first-order valence-electron chi connectivity index (χ1n) is 3.79. The van der Waals surface area contributed by atoms with E-state index >= 15 is 0 Å². The second kappa shape index (κ2) is 4.13. The van der Waals surface area contributed by atoms with Gasteiger partial charge in [-0.2, -0.15) is 0 Å². The number of rotatable bonds is 3. The first kappa shape index (κ1) is 11.2. The number of pyridine rings is 1. The highest BCUT2D eigenvalue weighted by atomic mass is 19.3. The summed E-state index contributed by atoms with van der Waals surface area (Å²) >= 11 is 0. The molecule has 0 bridgehead atoms. The summed E-state index contributed by atoms with van der Waals surface area (Å²) in [7, 11) is 0. The van der Waals surface area contributed by atoms with Crippen LogP contribution in [0.3, 0.4) is 0 Å². The maximum Gasteiger partial charge on any atom is 0.317 e. The van der Waals surface area contributed by atoms with Gasteiger partial charge in [0.25, 0.3) is 6.43 Å². The normalized spacial score (nSPS) is 10.7. The lowest BCUT2D eigenvalue weighted by molar-refractivity contribution is -0.385. The van der Waals surface area contributed by atoms with Crippen LogP contribution < -0.4 is 5.73 Å². The van der Waals surface area contributed by atoms with E-state index in [0.29, 0.717) is 0 Å². The van der Waals surface area contributed by atoms with Crippen molar-refractivity contribution < 1.29 is 18.8 Å². The molecule has 0 radical (unpaired) electrons.